The molecule has 0 radical (unpaired) electrons. The van der Waals surface area contributed by atoms with Crippen molar-refractivity contribution in [3.05, 3.63) is 11.1 Å². The second kappa shape index (κ2) is 4.81. The number of halogens is 3. The standard InChI is InChI=1S/C10H14F3N3S/c11-10(12,13)7-2-1-3-16(5-7)6-8-4-15-9(14)17-8/h4,7H,1-3,5-6H2,(H2,14,15). The summed E-state index contributed by atoms with van der Waals surface area (Å²) in [6, 6.07) is 0. The molecule has 1 unspecified atom stereocenters. The molecule has 0 spiro atoms. The molecule has 2 N–H and O–H groups in total. The van der Waals surface area contributed by atoms with Gasteiger partial charge in [-0.15, -0.1) is 11.3 Å². The number of hydrogen-bond donors (Lipinski definition) is 1. The summed E-state index contributed by atoms with van der Waals surface area (Å²) in [7, 11) is 0. The molecule has 1 aliphatic rings. The maximum atomic E-state index is 12.6. The number of aromatic nitrogens is 1. The van der Waals surface area contributed by atoms with Gasteiger partial charge in [0.25, 0.3) is 0 Å². The van der Waals surface area contributed by atoms with Crippen LogP contribution in [0, 0.1) is 5.92 Å². The molecule has 1 aliphatic heterocycles. The normalized spacial score (nSPS) is 22.9. The second-order valence-electron chi connectivity index (χ2n) is 4.28. The van der Waals surface area contributed by atoms with Crippen LogP contribution in [0.25, 0.3) is 0 Å². The Balaban J connectivity index is 1.94. The quantitative estimate of drug-likeness (QED) is 0.893. The highest BCUT2D eigenvalue weighted by Crippen LogP contribution is 2.33. The lowest BCUT2D eigenvalue weighted by atomic mass is 9.97. The number of nitrogens with zero attached hydrogens (tertiary/aromatic N) is 2. The number of nitrogens with two attached hydrogens (primary N) is 1. The van der Waals surface area contributed by atoms with Gasteiger partial charge in [-0.1, -0.05) is 0 Å². The average molecular weight is 265 g/mol. The zero-order valence-electron chi connectivity index (χ0n) is 9.20. The Morgan fingerprint density at radius 2 is 2.29 bits per heavy atom. The SMILES string of the molecule is Nc1ncc(CN2CCCC(C(F)(F)F)C2)s1. The first kappa shape index (κ1) is 12.6. The van der Waals surface area contributed by atoms with Gasteiger partial charge in [0.1, 0.15) is 0 Å². The number of likely N-dealkylation sites (tertiary alicyclic amines) is 1. The molecule has 0 aromatic carbocycles. The molecule has 0 saturated carbocycles. The van der Waals surface area contributed by atoms with Gasteiger partial charge in [0.2, 0.25) is 0 Å². The zero-order chi connectivity index (χ0) is 12.5. The van der Waals surface area contributed by atoms with Crippen LogP contribution in [-0.4, -0.2) is 29.1 Å². The van der Waals surface area contributed by atoms with Gasteiger partial charge in [0, 0.05) is 24.2 Å². The first-order valence-corrected chi connectivity index (χ1v) is 6.26. The van der Waals surface area contributed by atoms with Crippen LogP contribution >= 0.6 is 11.3 Å². The largest absolute Gasteiger partial charge is 0.393 e. The average Bonchev–Trinajstić information content (AvgIpc) is 2.63. The lowest BCUT2D eigenvalue weighted by Gasteiger charge is -2.33. The van der Waals surface area contributed by atoms with Crippen molar-refractivity contribution >= 4 is 16.5 Å². The number of hydrogen-bond acceptors (Lipinski definition) is 4. The van der Waals surface area contributed by atoms with Crippen LogP contribution in [0.4, 0.5) is 18.3 Å². The molecule has 1 fully saturated rings. The summed E-state index contributed by atoms with van der Waals surface area (Å²) >= 11 is 1.33. The molecule has 7 heteroatoms. The van der Waals surface area contributed by atoms with Crippen molar-refractivity contribution < 1.29 is 13.2 Å². The molecule has 2 heterocycles. The predicted octanol–water partition coefficient (Wildman–Crippen LogP) is 2.50. The van der Waals surface area contributed by atoms with E-state index in [1.807, 2.05) is 4.90 Å². The Morgan fingerprint density at radius 1 is 1.53 bits per heavy atom. The predicted molar refractivity (Wildman–Crippen MR) is 60.6 cm³/mol. The molecule has 1 aromatic heterocycles. The van der Waals surface area contributed by atoms with Gasteiger partial charge >= 0.3 is 6.18 Å². The molecule has 17 heavy (non-hydrogen) atoms. The number of rotatable bonds is 2. The number of alkyl halides is 3. The molecule has 0 bridgehead atoms. The monoisotopic (exact) mass is 265 g/mol. The molecular formula is C10H14F3N3S. The van der Waals surface area contributed by atoms with Crippen molar-refractivity contribution in [2.24, 2.45) is 5.92 Å². The van der Waals surface area contributed by atoms with E-state index >= 15 is 0 Å². The zero-order valence-corrected chi connectivity index (χ0v) is 10.0. The van der Waals surface area contributed by atoms with Crippen LogP contribution in [-0.2, 0) is 6.54 Å². The minimum Gasteiger partial charge on any atom is -0.375 e. The fraction of sp³-hybridized carbons (Fsp3) is 0.700. The molecule has 1 aromatic rings. The summed E-state index contributed by atoms with van der Waals surface area (Å²) in [5.74, 6) is -1.19. The Kier molecular flexibility index (Phi) is 3.58. The van der Waals surface area contributed by atoms with E-state index in [9.17, 15) is 13.2 Å². The molecule has 1 atom stereocenters. The summed E-state index contributed by atoms with van der Waals surface area (Å²) in [5, 5.41) is 0.462. The van der Waals surface area contributed by atoms with E-state index in [4.69, 9.17) is 5.73 Å². The van der Waals surface area contributed by atoms with Gasteiger partial charge < -0.3 is 5.73 Å². The lowest BCUT2D eigenvalue weighted by Crippen LogP contribution is -2.41. The van der Waals surface area contributed by atoms with Crippen molar-refractivity contribution in [1.82, 2.24) is 9.88 Å². The highest BCUT2D eigenvalue weighted by molar-refractivity contribution is 7.15. The third kappa shape index (κ3) is 3.32. The van der Waals surface area contributed by atoms with Crippen LogP contribution in [0.3, 0.4) is 0 Å². The molecule has 1 saturated heterocycles. The molecule has 2 rings (SSSR count). The fourth-order valence-corrected chi connectivity index (χ4v) is 2.81. The molecular weight excluding hydrogens is 251 g/mol. The smallest absolute Gasteiger partial charge is 0.375 e. The Hall–Kier alpha value is -0.820. The maximum absolute atomic E-state index is 12.6. The second-order valence-corrected chi connectivity index (χ2v) is 5.43. The van der Waals surface area contributed by atoms with Crippen LogP contribution in [0.5, 0.6) is 0 Å². The summed E-state index contributed by atoms with van der Waals surface area (Å²) in [6.45, 7) is 1.31. The van der Waals surface area contributed by atoms with Gasteiger partial charge in [-0.25, -0.2) is 4.98 Å². The Morgan fingerprint density at radius 3 is 2.88 bits per heavy atom. The van der Waals surface area contributed by atoms with Crippen LogP contribution < -0.4 is 5.73 Å². The van der Waals surface area contributed by atoms with Crippen LogP contribution in [0.2, 0.25) is 0 Å². The molecule has 0 aliphatic carbocycles. The van der Waals surface area contributed by atoms with Gasteiger partial charge in [0.15, 0.2) is 5.13 Å². The number of nitrogen functional groups attached to an aromatic ring is 1. The molecule has 0 amide bonds. The minimum atomic E-state index is -4.08. The van der Waals surface area contributed by atoms with E-state index in [0.717, 1.165) is 4.88 Å². The van der Waals surface area contributed by atoms with Gasteiger partial charge in [-0.3, -0.25) is 4.90 Å². The summed E-state index contributed by atoms with van der Waals surface area (Å²) in [6.07, 6.45) is -1.61. The van der Waals surface area contributed by atoms with Crippen molar-refractivity contribution in [1.29, 1.82) is 0 Å². The topological polar surface area (TPSA) is 42.1 Å². The lowest BCUT2D eigenvalue weighted by molar-refractivity contribution is -0.187. The molecule has 3 nitrogen and oxygen atoms in total. The van der Waals surface area contributed by atoms with Crippen LogP contribution in [0.1, 0.15) is 17.7 Å². The van der Waals surface area contributed by atoms with E-state index in [2.05, 4.69) is 4.98 Å². The number of piperidine rings is 1. The summed E-state index contributed by atoms with van der Waals surface area (Å²) in [5.41, 5.74) is 5.49. The fourth-order valence-electron chi connectivity index (χ4n) is 2.08. The van der Waals surface area contributed by atoms with E-state index in [1.165, 1.54) is 11.3 Å². The van der Waals surface area contributed by atoms with Gasteiger partial charge in [0.05, 0.1) is 5.92 Å². The van der Waals surface area contributed by atoms with E-state index in [1.54, 1.807) is 6.20 Å². The van der Waals surface area contributed by atoms with Gasteiger partial charge in [-0.2, -0.15) is 13.2 Å². The van der Waals surface area contributed by atoms with Crippen LogP contribution in [0.15, 0.2) is 6.20 Å². The third-order valence-corrected chi connectivity index (χ3v) is 3.73. The van der Waals surface area contributed by atoms with E-state index < -0.39 is 12.1 Å². The number of anilines is 1. The van der Waals surface area contributed by atoms with E-state index in [-0.39, 0.29) is 13.0 Å². The molecule has 96 valence electrons. The Labute approximate surface area is 101 Å². The maximum Gasteiger partial charge on any atom is 0.393 e. The number of thiazole rings is 1. The Bertz CT molecular complexity index is 377. The highest BCUT2D eigenvalue weighted by Gasteiger charge is 2.41. The highest BCUT2D eigenvalue weighted by atomic mass is 32.1. The first-order valence-electron chi connectivity index (χ1n) is 5.44. The minimum absolute atomic E-state index is 0.0846. The van der Waals surface area contributed by atoms with Gasteiger partial charge in [-0.05, 0) is 19.4 Å². The van der Waals surface area contributed by atoms with Crippen molar-refractivity contribution in [3.63, 3.8) is 0 Å². The van der Waals surface area contributed by atoms with Crippen molar-refractivity contribution in [3.8, 4) is 0 Å². The third-order valence-electron chi connectivity index (χ3n) is 2.92. The first-order chi connectivity index (χ1) is 7.95. The summed E-state index contributed by atoms with van der Waals surface area (Å²) in [4.78, 5) is 6.65. The van der Waals surface area contributed by atoms with Crippen molar-refractivity contribution in [2.45, 2.75) is 25.6 Å². The van der Waals surface area contributed by atoms with Crippen molar-refractivity contribution in [2.75, 3.05) is 18.8 Å². The summed E-state index contributed by atoms with van der Waals surface area (Å²) < 4.78 is 37.8. The van der Waals surface area contributed by atoms with E-state index in [0.29, 0.717) is 24.6 Å².